The van der Waals surface area contributed by atoms with Gasteiger partial charge in [-0.15, -0.1) is 0 Å². The van der Waals surface area contributed by atoms with Crippen LogP contribution in [-0.2, 0) is 33.9 Å². The van der Waals surface area contributed by atoms with Crippen LogP contribution in [0.15, 0.2) is 212 Å². The van der Waals surface area contributed by atoms with Gasteiger partial charge in [0.1, 0.15) is 18.8 Å². The summed E-state index contributed by atoms with van der Waals surface area (Å²) in [5, 5.41) is 43.3. The first-order valence-corrected chi connectivity index (χ1v) is 23.5. The fourth-order valence-corrected chi connectivity index (χ4v) is 7.51. The van der Waals surface area contributed by atoms with Crippen molar-refractivity contribution in [2.45, 2.75) is 45.1 Å². The standard InChI is InChI=1S/2C14H12O3.C13H22N.C10H16N.C9H14N/c2*15-13(16)14(17,11-7-3-1-4-8-11)12-9-5-2-6-10-12;1-4-14(5-2,6-3)12-13-10-8-7-9-11-13;1-11(2,3)9-10-7-5-4-6-8-10;1-10(2,3)9-7-5-4-6-8-9/h2*1-10,17H,(H,15,16);7-11H,4-6,12H2,1-3H3;4-8H,9H2,1-3H3;4-8H,1-3H3/q;;3*+1/p-2. The van der Waals surface area contributed by atoms with Crippen molar-refractivity contribution in [3.63, 3.8) is 0 Å². The first-order valence-electron chi connectivity index (χ1n) is 23.5. The van der Waals surface area contributed by atoms with Gasteiger partial charge in [0.25, 0.3) is 0 Å². The number of para-hydroxylation sites is 1. The van der Waals surface area contributed by atoms with E-state index < -0.39 is 23.1 Å². The molecule has 9 nitrogen and oxygen atoms in total. The molecule has 7 aromatic carbocycles. The number of hydrogen-bond acceptors (Lipinski definition) is 6. The lowest BCUT2D eigenvalue weighted by Gasteiger charge is -2.35. The number of hydrogen-bond donors (Lipinski definition) is 2. The fourth-order valence-electron chi connectivity index (χ4n) is 7.51. The van der Waals surface area contributed by atoms with Crippen LogP contribution >= 0.6 is 0 Å². The van der Waals surface area contributed by atoms with E-state index in [4.69, 9.17) is 0 Å². The van der Waals surface area contributed by atoms with E-state index >= 15 is 0 Å². The second-order valence-electron chi connectivity index (χ2n) is 18.7. The summed E-state index contributed by atoms with van der Waals surface area (Å²) in [6.45, 7) is 12.8. The number of quaternary nitrogens is 3. The highest BCUT2D eigenvalue weighted by Gasteiger charge is 2.34. The van der Waals surface area contributed by atoms with Gasteiger partial charge in [0.05, 0.1) is 73.9 Å². The van der Waals surface area contributed by atoms with E-state index in [1.807, 2.05) is 6.07 Å². The maximum absolute atomic E-state index is 11.3. The van der Waals surface area contributed by atoms with E-state index in [1.54, 1.807) is 121 Å². The lowest BCUT2D eigenvalue weighted by atomic mass is 9.86. The van der Waals surface area contributed by atoms with Gasteiger partial charge in [-0.05, 0) is 55.2 Å². The number of aliphatic carboxylic acids is 2. The van der Waals surface area contributed by atoms with Crippen LogP contribution in [0.3, 0.4) is 0 Å². The fraction of sp³-hybridized carbons (Fsp3) is 0.267. The zero-order valence-corrected chi connectivity index (χ0v) is 42.1. The molecule has 7 rings (SSSR count). The summed E-state index contributed by atoms with van der Waals surface area (Å²) >= 11 is 0. The highest BCUT2D eigenvalue weighted by Crippen LogP contribution is 2.30. The molecular formula is C60H74N3O6+. The van der Waals surface area contributed by atoms with E-state index in [0.717, 1.165) is 15.5 Å². The number of nitrogens with zero attached hydrogens (tertiary/aromatic N) is 3. The second-order valence-corrected chi connectivity index (χ2v) is 18.7. The van der Waals surface area contributed by atoms with Crippen LogP contribution in [0.25, 0.3) is 0 Å². The number of benzene rings is 7. The van der Waals surface area contributed by atoms with Crippen molar-refractivity contribution in [2.24, 2.45) is 0 Å². The van der Waals surface area contributed by atoms with Gasteiger partial charge in [0, 0.05) is 11.1 Å². The number of aliphatic hydroxyl groups is 2. The summed E-state index contributed by atoms with van der Waals surface area (Å²) in [6, 6.07) is 64.7. The molecule has 364 valence electrons. The Morgan fingerprint density at radius 1 is 0.391 bits per heavy atom. The van der Waals surface area contributed by atoms with Gasteiger partial charge in [-0.1, -0.05) is 200 Å². The third-order valence-corrected chi connectivity index (χ3v) is 11.8. The predicted octanol–water partition coefficient (Wildman–Crippen LogP) is 8.18. The van der Waals surface area contributed by atoms with Gasteiger partial charge in [-0.25, -0.2) is 0 Å². The molecule has 0 aliphatic carbocycles. The molecule has 69 heavy (non-hydrogen) atoms. The average Bonchev–Trinajstić information content (AvgIpc) is 3.37. The van der Waals surface area contributed by atoms with Crippen molar-refractivity contribution in [3.05, 3.63) is 246 Å². The molecule has 0 amide bonds. The highest BCUT2D eigenvalue weighted by molar-refractivity contribution is 5.82. The molecule has 0 bridgehead atoms. The summed E-state index contributed by atoms with van der Waals surface area (Å²) in [4.78, 5) is 22.5. The number of carbonyl (C=O) groups excluding carboxylic acids is 2. The Kier molecular flexibility index (Phi) is 22.4. The lowest BCUT2D eigenvalue weighted by molar-refractivity contribution is -0.936. The van der Waals surface area contributed by atoms with E-state index in [-0.39, 0.29) is 22.3 Å². The lowest BCUT2D eigenvalue weighted by Crippen LogP contribution is -2.46. The molecule has 0 spiro atoms. The van der Waals surface area contributed by atoms with Gasteiger partial charge in [0.2, 0.25) is 0 Å². The van der Waals surface area contributed by atoms with Crippen molar-refractivity contribution >= 4 is 17.6 Å². The Morgan fingerprint density at radius 3 is 0.826 bits per heavy atom. The third-order valence-electron chi connectivity index (χ3n) is 11.8. The third kappa shape index (κ3) is 17.7. The van der Waals surface area contributed by atoms with Crippen LogP contribution < -0.4 is 14.7 Å². The minimum atomic E-state index is -2.11. The summed E-state index contributed by atoms with van der Waals surface area (Å²) in [7, 11) is 13.1. The second kappa shape index (κ2) is 27.3. The monoisotopic (exact) mass is 933 g/mol. The van der Waals surface area contributed by atoms with Crippen LogP contribution in [-0.4, -0.2) is 93.0 Å². The first kappa shape index (κ1) is 56.6. The molecule has 0 fully saturated rings. The molecule has 0 unspecified atom stereocenters. The maximum atomic E-state index is 11.3. The zero-order valence-electron chi connectivity index (χ0n) is 42.1. The smallest absolute Gasteiger partial charge is 0.154 e. The molecule has 0 aromatic heterocycles. The molecule has 7 aromatic rings. The minimum absolute atomic E-state index is 0.284. The van der Waals surface area contributed by atoms with Crippen molar-refractivity contribution in [1.82, 2.24) is 4.48 Å². The quantitative estimate of drug-likeness (QED) is 0.106. The molecule has 0 atom stereocenters. The number of carboxylic acid groups (broad SMARTS) is 2. The van der Waals surface area contributed by atoms with Crippen LogP contribution in [0.4, 0.5) is 5.69 Å². The molecule has 0 radical (unpaired) electrons. The summed E-state index contributed by atoms with van der Waals surface area (Å²) in [5.74, 6) is -3.06. The zero-order chi connectivity index (χ0) is 51.0. The molecule has 0 aliphatic rings. The Bertz CT molecular complexity index is 2290. The van der Waals surface area contributed by atoms with Crippen molar-refractivity contribution in [1.29, 1.82) is 0 Å². The molecule has 0 saturated carbocycles. The van der Waals surface area contributed by atoms with E-state index in [0.29, 0.717) is 0 Å². The number of carbonyl (C=O) groups is 2. The van der Waals surface area contributed by atoms with Gasteiger partial charge in [-0.2, -0.15) is 0 Å². The Hall–Kier alpha value is -6.72. The van der Waals surface area contributed by atoms with Crippen LogP contribution in [0.2, 0.25) is 0 Å². The van der Waals surface area contributed by atoms with Crippen molar-refractivity contribution in [2.75, 3.05) is 61.9 Å². The van der Waals surface area contributed by atoms with Gasteiger partial charge in [0.15, 0.2) is 11.2 Å². The highest BCUT2D eigenvalue weighted by atomic mass is 16.4. The molecule has 0 heterocycles. The van der Waals surface area contributed by atoms with Crippen LogP contribution in [0, 0.1) is 0 Å². The molecular weight excluding hydrogens is 859 g/mol. The number of rotatable bonds is 14. The number of carboxylic acids is 2. The van der Waals surface area contributed by atoms with Crippen LogP contribution in [0.5, 0.6) is 0 Å². The molecule has 0 aliphatic heterocycles. The van der Waals surface area contributed by atoms with Gasteiger partial charge in [-0.3, -0.25) is 4.48 Å². The van der Waals surface area contributed by atoms with E-state index in [2.05, 4.69) is 148 Å². The van der Waals surface area contributed by atoms with Crippen molar-refractivity contribution in [3.8, 4) is 0 Å². The summed E-state index contributed by atoms with van der Waals surface area (Å²) in [6.07, 6.45) is 0. The molecule has 9 heteroatoms. The Morgan fingerprint density at radius 2 is 0.623 bits per heavy atom. The largest absolute Gasteiger partial charge is 0.546 e. The van der Waals surface area contributed by atoms with E-state index in [1.165, 1.54) is 47.5 Å². The maximum Gasteiger partial charge on any atom is 0.154 e. The first-order chi connectivity index (χ1) is 32.8. The summed E-state index contributed by atoms with van der Waals surface area (Å²) < 4.78 is 3.08. The Balaban J connectivity index is 0.000000232. The van der Waals surface area contributed by atoms with Crippen molar-refractivity contribution < 1.29 is 39.0 Å². The van der Waals surface area contributed by atoms with Gasteiger partial charge >= 0.3 is 0 Å². The molecule has 0 saturated heterocycles. The van der Waals surface area contributed by atoms with E-state index in [9.17, 15) is 30.0 Å². The Labute approximate surface area is 412 Å². The minimum Gasteiger partial charge on any atom is -0.546 e. The normalized spacial score (nSPS) is 11.3. The molecule has 2 N–H and O–H groups in total. The topological polar surface area (TPSA) is 121 Å². The average molecular weight is 933 g/mol. The SMILES string of the molecule is CC[N+](CC)(CC)Cc1ccccc1.C[N+](C)(C)Cc1ccccc1.C[N+](C)(C)c1ccccc1.O=C([O-])C(O)(c1ccccc1)c1ccccc1.O=C([O-])C(O)(c1ccccc1)c1ccccc1. The van der Waals surface area contributed by atoms with Gasteiger partial charge < -0.3 is 39.0 Å². The summed E-state index contributed by atoms with van der Waals surface area (Å²) in [5.41, 5.74) is 1.11. The van der Waals surface area contributed by atoms with Crippen LogP contribution in [0.1, 0.15) is 54.2 Å². The predicted molar refractivity (Wildman–Crippen MR) is 278 cm³/mol.